The van der Waals surface area contributed by atoms with Gasteiger partial charge in [-0.25, -0.2) is 0 Å². The highest BCUT2D eigenvalue weighted by molar-refractivity contribution is 4.70. The standard InChI is InChI=1S/C13H28O/c1-8-11(9-12(2,3)4)14-10-13(5,6)7/h11H,8-10H2,1-7H3/t11-/m0/s1. The van der Waals surface area contributed by atoms with E-state index in [-0.39, 0.29) is 5.41 Å². The summed E-state index contributed by atoms with van der Waals surface area (Å²) in [7, 11) is 0. The zero-order chi connectivity index (χ0) is 11.4. The van der Waals surface area contributed by atoms with Crippen molar-refractivity contribution in [3.05, 3.63) is 0 Å². The average molecular weight is 200 g/mol. The zero-order valence-electron chi connectivity index (χ0n) is 11.1. The van der Waals surface area contributed by atoms with Gasteiger partial charge in [0.1, 0.15) is 0 Å². The van der Waals surface area contributed by atoms with Crippen LogP contribution in [0.2, 0.25) is 0 Å². The lowest BCUT2D eigenvalue weighted by Crippen LogP contribution is -2.25. The molecule has 0 aromatic rings. The van der Waals surface area contributed by atoms with Crippen LogP contribution >= 0.6 is 0 Å². The molecule has 0 aliphatic rings. The molecular formula is C13H28O. The quantitative estimate of drug-likeness (QED) is 0.658. The lowest BCUT2D eigenvalue weighted by Gasteiger charge is -2.28. The molecule has 0 saturated carbocycles. The van der Waals surface area contributed by atoms with E-state index < -0.39 is 0 Å². The fourth-order valence-electron chi connectivity index (χ4n) is 1.37. The highest BCUT2D eigenvalue weighted by Gasteiger charge is 2.20. The first-order valence-electron chi connectivity index (χ1n) is 5.76. The summed E-state index contributed by atoms with van der Waals surface area (Å²) in [4.78, 5) is 0. The van der Waals surface area contributed by atoms with E-state index in [9.17, 15) is 0 Å². The maximum absolute atomic E-state index is 5.93. The van der Waals surface area contributed by atoms with Gasteiger partial charge in [-0.15, -0.1) is 0 Å². The van der Waals surface area contributed by atoms with Crippen molar-refractivity contribution in [2.24, 2.45) is 10.8 Å². The SMILES string of the molecule is CC[C@@H](CC(C)(C)C)OCC(C)(C)C. The van der Waals surface area contributed by atoms with Crippen LogP contribution in [0.4, 0.5) is 0 Å². The fourth-order valence-corrected chi connectivity index (χ4v) is 1.37. The van der Waals surface area contributed by atoms with E-state index in [2.05, 4.69) is 48.5 Å². The van der Waals surface area contributed by atoms with Gasteiger partial charge in [0.2, 0.25) is 0 Å². The van der Waals surface area contributed by atoms with Gasteiger partial charge in [-0.2, -0.15) is 0 Å². The lowest BCUT2D eigenvalue weighted by atomic mass is 9.88. The van der Waals surface area contributed by atoms with E-state index in [0.717, 1.165) is 19.4 Å². The maximum atomic E-state index is 5.93. The highest BCUT2D eigenvalue weighted by Crippen LogP contribution is 2.25. The van der Waals surface area contributed by atoms with Gasteiger partial charge >= 0.3 is 0 Å². The summed E-state index contributed by atoms with van der Waals surface area (Å²) in [5.74, 6) is 0. The zero-order valence-corrected chi connectivity index (χ0v) is 11.1. The van der Waals surface area contributed by atoms with Crippen LogP contribution < -0.4 is 0 Å². The van der Waals surface area contributed by atoms with Gasteiger partial charge in [-0.3, -0.25) is 0 Å². The summed E-state index contributed by atoms with van der Waals surface area (Å²) in [6.45, 7) is 16.5. The number of hydrogen-bond acceptors (Lipinski definition) is 1. The van der Waals surface area contributed by atoms with Crippen molar-refractivity contribution in [3.8, 4) is 0 Å². The van der Waals surface area contributed by atoms with Crippen LogP contribution in [0.1, 0.15) is 61.3 Å². The molecule has 0 aliphatic carbocycles. The summed E-state index contributed by atoms with van der Waals surface area (Å²) in [5, 5.41) is 0. The van der Waals surface area contributed by atoms with Gasteiger partial charge in [0.05, 0.1) is 12.7 Å². The Morgan fingerprint density at radius 2 is 1.43 bits per heavy atom. The Morgan fingerprint density at radius 3 is 1.71 bits per heavy atom. The van der Waals surface area contributed by atoms with Gasteiger partial charge in [-0.1, -0.05) is 48.5 Å². The lowest BCUT2D eigenvalue weighted by molar-refractivity contribution is -0.0128. The van der Waals surface area contributed by atoms with Crippen LogP contribution in [0.3, 0.4) is 0 Å². The van der Waals surface area contributed by atoms with Gasteiger partial charge in [0.25, 0.3) is 0 Å². The molecule has 0 spiro atoms. The van der Waals surface area contributed by atoms with E-state index >= 15 is 0 Å². The van der Waals surface area contributed by atoms with Crippen LogP contribution in [-0.4, -0.2) is 12.7 Å². The minimum absolute atomic E-state index is 0.283. The number of rotatable bonds is 4. The molecule has 0 aromatic carbocycles. The Bertz CT molecular complexity index is 148. The average Bonchev–Trinajstić information content (AvgIpc) is 1.94. The third kappa shape index (κ3) is 8.55. The van der Waals surface area contributed by atoms with Crippen LogP contribution in [0, 0.1) is 10.8 Å². The summed E-state index contributed by atoms with van der Waals surface area (Å²) >= 11 is 0. The van der Waals surface area contributed by atoms with Crippen molar-refractivity contribution in [1.82, 2.24) is 0 Å². The van der Waals surface area contributed by atoms with Gasteiger partial charge < -0.3 is 4.74 Å². The first-order valence-corrected chi connectivity index (χ1v) is 5.76. The molecule has 0 unspecified atom stereocenters. The second-order valence-electron chi connectivity index (χ2n) is 6.67. The Morgan fingerprint density at radius 1 is 0.929 bits per heavy atom. The first-order chi connectivity index (χ1) is 6.14. The molecule has 0 saturated heterocycles. The third-order valence-electron chi connectivity index (χ3n) is 2.05. The number of hydrogen-bond donors (Lipinski definition) is 0. The molecule has 0 fully saturated rings. The summed E-state index contributed by atoms with van der Waals surface area (Å²) in [6, 6.07) is 0. The van der Waals surface area contributed by atoms with Crippen LogP contribution in [-0.2, 0) is 4.74 Å². The van der Waals surface area contributed by atoms with Gasteiger partial charge in [0.15, 0.2) is 0 Å². The van der Waals surface area contributed by atoms with Crippen LogP contribution in [0.5, 0.6) is 0 Å². The Hall–Kier alpha value is -0.0400. The summed E-state index contributed by atoms with van der Waals surface area (Å²) in [6.07, 6.45) is 2.70. The topological polar surface area (TPSA) is 9.23 Å². The Kier molecular flexibility index (Phi) is 5.14. The molecule has 0 bridgehead atoms. The Balaban J connectivity index is 3.93. The van der Waals surface area contributed by atoms with Crippen LogP contribution in [0.25, 0.3) is 0 Å². The maximum Gasteiger partial charge on any atom is 0.0577 e. The first kappa shape index (κ1) is 14.0. The molecule has 0 rings (SSSR count). The predicted molar refractivity (Wildman–Crippen MR) is 63.6 cm³/mol. The highest BCUT2D eigenvalue weighted by atomic mass is 16.5. The van der Waals surface area contributed by atoms with Gasteiger partial charge in [0, 0.05) is 0 Å². The molecule has 0 aromatic heterocycles. The molecule has 0 amide bonds. The summed E-state index contributed by atoms with van der Waals surface area (Å²) < 4.78 is 5.93. The molecule has 1 atom stereocenters. The second kappa shape index (κ2) is 5.16. The molecule has 86 valence electrons. The van der Waals surface area contributed by atoms with Crippen molar-refractivity contribution in [3.63, 3.8) is 0 Å². The fraction of sp³-hybridized carbons (Fsp3) is 1.00. The Labute approximate surface area is 90.2 Å². The van der Waals surface area contributed by atoms with Crippen molar-refractivity contribution >= 4 is 0 Å². The molecule has 14 heavy (non-hydrogen) atoms. The van der Waals surface area contributed by atoms with Gasteiger partial charge in [-0.05, 0) is 23.7 Å². The minimum atomic E-state index is 0.283. The molecule has 0 heterocycles. The van der Waals surface area contributed by atoms with E-state index in [1.54, 1.807) is 0 Å². The molecule has 0 aliphatic heterocycles. The van der Waals surface area contributed by atoms with E-state index in [1.165, 1.54) is 0 Å². The van der Waals surface area contributed by atoms with Crippen molar-refractivity contribution in [2.45, 2.75) is 67.4 Å². The number of ether oxygens (including phenoxy) is 1. The monoisotopic (exact) mass is 200 g/mol. The van der Waals surface area contributed by atoms with Crippen molar-refractivity contribution in [2.75, 3.05) is 6.61 Å². The molecule has 0 radical (unpaired) electrons. The smallest absolute Gasteiger partial charge is 0.0577 e. The molecule has 1 nitrogen and oxygen atoms in total. The van der Waals surface area contributed by atoms with E-state index in [1.807, 2.05) is 0 Å². The molecule has 0 N–H and O–H groups in total. The molecule has 1 heteroatoms. The third-order valence-corrected chi connectivity index (χ3v) is 2.05. The van der Waals surface area contributed by atoms with Crippen molar-refractivity contribution in [1.29, 1.82) is 0 Å². The van der Waals surface area contributed by atoms with E-state index in [0.29, 0.717) is 11.5 Å². The largest absolute Gasteiger partial charge is 0.378 e. The molecular weight excluding hydrogens is 172 g/mol. The second-order valence-corrected chi connectivity index (χ2v) is 6.67. The van der Waals surface area contributed by atoms with Crippen molar-refractivity contribution < 1.29 is 4.74 Å². The normalized spacial score (nSPS) is 15.6. The minimum Gasteiger partial charge on any atom is -0.378 e. The predicted octanol–water partition coefficient (Wildman–Crippen LogP) is 4.26. The van der Waals surface area contributed by atoms with E-state index in [4.69, 9.17) is 4.74 Å². The summed E-state index contributed by atoms with van der Waals surface area (Å²) in [5.41, 5.74) is 0.657. The van der Waals surface area contributed by atoms with Crippen LogP contribution in [0.15, 0.2) is 0 Å².